The van der Waals surface area contributed by atoms with E-state index in [4.69, 9.17) is 0 Å². The lowest BCUT2D eigenvalue weighted by Gasteiger charge is -2.12. The van der Waals surface area contributed by atoms with E-state index in [1.807, 2.05) is 32.9 Å². The number of H-pyrrole nitrogens is 1. The van der Waals surface area contributed by atoms with E-state index >= 15 is 0 Å². The molecule has 0 saturated carbocycles. The number of hydrogen-bond donors (Lipinski definition) is 1. The molecule has 1 aromatic heterocycles. The van der Waals surface area contributed by atoms with Crippen LogP contribution in [0.15, 0.2) is 27.5 Å². The first-order valence-corrected chi connectivity index (χ1v) is 7.07. The molecule has 100 valence electrons. The minimum absolute atomic E-state index is 0.130. The molecule has 0 aliphatic rings. The Morgan fingerprint density at radius 3 is 2.58 bits per heavy atom. The van der Waals surface area contributed by atoms with Gasteiger partial charge in [0, 0.05) is 5.56 Å². The van der Waals surface area contributed by atoms with E-state index < -0.39 is 0 Å². The van der Waals surface area contributed by atoms with Crippen LogP contribution in [0, 0.1) is 13.8 Å². The molecular formula is C15H17BrN2O. The SMILES string of the molecule is Cc1cccc(-c2nc(C(C)C)c(Br)c(=O)[nH]2)c1C. The Hall–Kier alpha value is -1.42. The van der Waals surface area contributed by atoms with Crippen LogP contribution >= 0.6 is 15.9 Å². The number of hydrogen-bond acceptors (Lipinski definition) is 2. The Labute approximate surface area is 121 Å². The van der Waals surface area contributed by atoms with E-state index in [1.54, 1.807) is 0 Å². The van der Waals surface area contributed by atoms with Crippen molar-refractivity contribution in [2.45, 2.75) is 33.6 Å². The van der Waals surface area contributed by atoms with Gasteiger partial charge in [0.25, 0.3) is 5.56 Å². The molecule has 0 atom stereocenters. The molecule has 1 heterocycles. The van der Waals surface area contributed by atoms with Gasteiger partial charge in [-0.2, -0.15) is 0 Å². The highest BCUT2D eigenvalue weighted by Gasteiger charge is 2.14. The molecule has 0 amide bonds. The number of rotatable bonds is 2. The van der Waals surface area contributed by atoms with Gasteiger partial charge < -0.3 is 4.98 Å². The van der Waals surface area contributed by atoms with Crippen LogP contribution in [0.5, 0.6) is 0 Å². The zero-order valence-electron chi connectivity index (χ0n) is 11.5. The van der Waals surface area contributed by atoms with Gasteiger partial charge in [0.1, 0.15) is 10.3 Å². The fourth-order valence-electron chi connectivity index (χ4n) is 1.99. The first-order valence-electron chi connectivity index (χ1n) is 6.28. The molecule has 3 nitrogen and oxygen atoms in total. The van der Waals surface area contributed by atoms with Gasteiger partial charge in [-0.15, -0.1) is 0 Å². The Balaban J connectivity index is 2.70. The van der Waals surface area contributed by atoms with Crippen molar-refractivity contribution in [1.29, 1.82) is 0 Å². The van der Waals surface area contributed by atoms with Crippen molar-refractivity contribution in [3.63, 3.8) is 0 Å². The lowest BCUT2D eigenvalue weighted by Crippen LogP contribution is -2.14. The predicted octanol–water partition coefficient (Wildman–Crippen LogP) is 3.94. The molecule has 4 heteroatoms. The predicted molar refractivity (Wildman–Crippen MR) is 81.6 cm³/mol. The molecule has 1 N–H and O–H groups in total. The summed E-state index contributed by atoms with van der Waals surface area (Å²) in [4.78, 5) is 19.4. The standard InChI is InChI=1S/C15H17BrN2O/c1-8(2)13-12(16)15(19)18-14(17-13)11-7-5-6-9(3)10(11)4/h5-8H,1-4H3,(H,17,18,19). The third kappa shape index (κ3) is 2.63. The van der Waals surface area contributed by atoms with Crippen molar-refractivity contribution in [1.82, 2.24) is 9.97 Å². The lowest BCUT2D eigenvalue weighted by atomic mass is 10.0. The maximum absolute atomic E-state index is 12.0. The van der Waals surface area contributed by atoms with Gasteiger partial charge in [0.05, 0.1) is 5.69 Å². The summed E-state index contributed by atoms with van der Waals surface area (Å²) < 4.78 is 0.525. The van der Waals surface area contributed by atoms with Gasteiger partial charge in [-0.25, -0.2) is 4.98 Å². The van der Waals surface area contributed by atoms with Crippen LogP contribution in [-0.4, -0.2) is 9.97 Å². The summed E-state index contributed by atoms with van der Waals surface area (Å²) in [5.74, 6) is 0.832. The first-order chi connectivity index (χ1) is 8.91. The van der Waals surface area contributed by atoms with Crippen molar-refractivity contribution >= 4 is 15.9 Å². The fourth-order valence-corrected chi connectivity index (χ4v) is 2.64. The maximum atomic E-state index is 12.0. The van der Waals surface area contributed by atoms with Crippen LogP contribution in [-0.2, 0) is 0 Å². The summed E-state index contributed by atoms with van der Waals surface area (Å²) in [7, 11) is 0. The molecule has 0 unspecified atom stereocenters. The van der Waals surface area contributed by atoms with Crippen LogP contribution in [0.1, 0.15) is 36.6 Å². The largest absolute Gasteiger partial charge is 0.306 e. The highest BCUT2D eigenvalue weighted by molar-refractivity contribution is 9.10. The first kappa shape index (κ1) is 14.0. The summed E-state index contributed by atoms with van der Waals surface area (Å²) in [5.41, 5.74) is 3.97. The average Bonchev–Trinajstić information content (AvgIpc) is 2.35. The van der Waals surface area contributed by atoms with Crippen molar-refractivity contribution in [3.05, 3.63) is 49.8 Å². The van der Waals surface area contributed by atoms with Crippen LogP contribution in [0.3, 0.4) is 0 Å². The maximum Gasteiger partial charge on any atom is 0.265 e. The van der Waals surface area contributed by atoms with E-state index in [0.717, 1.165) is 16.8 Å². The monoisotopic (exact) mass is 320 g/mol. The third-order valence-corrected chi connectivity index (χ3v) is 4.06. The topological polar surface area (TPSA) is 45.8 Å². The Morgan fingerprint density at radius 2 is 1.95 bits per heavy atom. The molecule has 0 spiro atoms. The van der Waals surface area contributed by atoms with Crippen LogP contribution in [0.25, 0.3) is 11.4 Å². The van der Waals surface area contributed by atoms with Crippen molar-refractivity contribution in [2.24, 2.45) is 0 Å². The fraction of sp³-hybridized carbons (Fsp3) is 0.333. The zero-order valence-corrected chi connectivity index (χ0v) is 13.1. The van der Waals surface area contributed by atoms with Gasteiger partial charge in [-0.3, -0.25) is 4.79 Å². The second kappa shape index (κ2) is 5.29. The van der Waals surface area contributed by atoms with E-state index in [9.17, 15) is 4.79 Å². The van der Waals surface area contributed by atoms with E-state index in [2.05, 4.69) is 38.9 Å². The number of aromatic nitrogens is 2. The van der Waals surface area contributed by atoms with Crippen molar-refractivity contribution < 1.29 is 0 Å². The molecule has 0 aliphatic heterocycles. The van der Waals surface area contributed by atoms with Crippen LogP contribution < -0.4 is 5.56 Å². The van der Waals surface area contributed by atoms with Crippen LogP contribution in [0.2, 0.25) is 0 Å². The van der Waals surface area contributed by atoms with E-state index in [0.29, 0.717) is 10.3 Å². The van der Waals surface area contributed by atoms with Gasteiger partial charge in [0.15, 0.2) is 0 Å². The molecule has 19 heavy (non-hydrogen) atoms. The van der Waals surface area contributed by atoms with Crippen molar-refractivity contribution in [3.8, 4) is 11.4 Å². The number of aryl methyl sites for hydroxylation is 1. The zero-order chi connectivity index (χ0) is 14.2. The van der Waals surface area contributed by atoms with Gasteiger partial charge in [0.2, 0.25) is 0 Å². The lowest BCUT2D eigenvalue weighted by molar-refractivity contribution is 0.803. The van der Waals surface area contributed by atoms with Crippen LogP contribution in [0.4, 0.5) is 0 Å². The summed E-state index contributed by atoms with van der Waals surface area (Å²) >= 11 is 3.31. The summed E-state index contributed by atoms with van der Waals surface area (Å²) in [6, 6.07) is 6.02. The number of benzene rings is 1. The summed E-state index contributed by atoms with van der Waals surface area (Å²) in [6.45, 7) is 8.15. The number of nitrogens with zero attached hydrogens (tertiary/aromatic N) is 1. The highest BCUT2D eigenvalue weighted by Crippen LogP contribution is 2.25. The van der Waals surface area contributed by atoms with Gasteiger partial charge in [-0.1, -0.05) is 32.0 Å². The normalized spacial score (nSPS) is 11.1. The Kier molecular flexibility index (Phi) is 3.90. The molecule has 2 rings (SSSR count). The van der Waals surface area contributed by atoms with Gasteiger partial charge >= 0.3 is 0 Å². The molecule has 2 aromatic rings. The molecule has 0 fully saturated rings. The number of nitrogens with one attached hydrogen (secondary N) is 1. The third-order valence-electron chi connectivity index (χ3n) is 3.30. The van der Waals surface area contributed by atoms with Gasteiger partial charge in [-0.05, 0) is 46.8 Å². The summed E-state index contributed by atoms with van der Waals surface area (Å²) in [6.07, 6.45) is 0. The minimum atomic E-state index is -0.130. The molecule has 1 aromatic carbocycles. The van der Waals surface area contributed by atoms with Crippen molar-refractivity contribution in [2.75, 3.05) is 0 Å². The minimum Gasteiger partial charge on any atom is -0.306 e. The summed E-state index contributed by atoms with van der Waals surface area (Å²) in [5, 5.41) is 0. The van der Waals surface area contributed by atoms with E-state index in [-0.39, 0.29) is 11.5 Å². The number of halogens is 1. The number of aromatic amines is 1. The van der Waals surface area contributed by atoms with E-state index in [1.165, 1.54) is 5.56 Å². The second-order valence-electron chi connectivity index (χ2n) is 5.02. The second-order valence-corrected chi connectivity index (χ2v) is 5.81. The Morgan fingerprint density at radius 1 is 1.26 bits per heavy atom. The smallest absolute Gasteiger partial charge is 0.265 e. The quantitative estimate of drug-likeness (QED) is 0.910. The molecule has 0 radical (unpaired) electrons. The molecular weight excluding hydrogens is 304 g/mol. The Bertz CT molecular complexity index is 674. The molecule has 0 bridgehead atoms. The molecule has 0 aliphatic carbocycles. The average molecular weight is 321 g/mol. The highest BCUT2D eigenvalue weighted by atomic mass is 79.9. The molecule has 0 saturated heterocycles.